The third-order valence-electron chi connectivity index (χ3n) is 3.67. The molecule has 0 radical (unpaired) electrons. The Kier molecular flexibility index (Phi) is 3.96. The lowest BCUT2D eigenvalue weighted by atomic mass is 10.0. The van der Waals surface area contributed by atoms with Crippen LogP contribution < -0.4 is 0 Å². The van der Waals surface area contributed by atoms with Crippen LogP contribution in [0.2, 0.25) is 0 Å². The number of hydrogen-bond donors (Lipinski definition) is 0. The van der Waals surface area contributed by atoms with Gasteiger partial charge in [-0.25, -0.2) is 0 Å². The molecular formula is C17H18N2O3. The maximum Gasteiger partial charge on any atom is 0.289 e. The van der Waals surface area contributed by atoms with Crippen LogP contribution >= 0.6 is 0 Å². The number of nitrogens with zero attached hydrogens (tertiary/aromatic N) is 2. The molecule has 22 heavy (non-hydrogen) atoms. The lowest BCUT2D eigenvalue weighted by Crippen LogP contribution is -2.34. The molecule has 114 valence electrons. The molecule has 1 aliphatic heterocycles. The third-order valence-corrected chi connectivity index (χ3v) is 3.67. The van der Waals surface area contributed by atoms with Gasteiger partial charge in [-0.15, -0.1) is 0 Å². The van der Waals surface area contributed by atoms with Crippen LogP contribution in [0.25, 0.3) is 0 Å². The van der Waals surface area contributed by atoms with E-state index in [0.717, 1.165) is 11.3 Å². The smallest absolute Gasteiger partial charge is 0.289 e. The first kappa shape index (κ1) is 14.4. The number of oxime groups is 1. The second kappa shape index (κ2) is 6.05. The Labute approximate surface area is 129 Å². The molecule has 1 atom stereocenters. The standard InChI is InChI=1S/C17H18N2O3/c1-12-5-7-13(8-6-12)15-10-14(22-18-15)11-19(2)17(20)16-4-3-9-21-16/h3-9,14H,10-11H2,1-2H3/t14-/m1/s1. The maximum atomic E-state index is 12.1. The summed E-state index contributed by atoms with van der Waals surface area (Å²) in [6.07, 6.45) is 2.06. The van der Waals surface area contributed by atoms with E-state index in [9.17, 15) is 4.79 Å². The van der Waals surface area contributed by atoms with E-state index in [1.165, 1.54) is 11.8 Å². The molecule has 0 bridgehead atoms. The number of rotatable bonds is 4. The summed E-state index contributed by atoms with van der Waals surface area (Å²) in [7, 11) is 1.73. The van der Waals surface area contributed by atoms with Gasteiger partial charge in [-0.2, -0.15) is 0 Å². The Bertz CT molecular complexity index is 674. The highest BCUT2D eigenvalue weighted by molar-refractivity contribution is 6.01. The van der Waals surface area contributed by atoms with Crippen LogP contribution in [0.1, 0.15) is 28.1 Å². The second-order valence-corrected chi connectivity index (χ2v) is 5.50. The summed E-state index contributed by atoms with van der Waals surface area (Å²) in [5.41, 5.74) is 3.19. The molecule has 0 N–H and O–H groups in total. The van der Waals surface area contributed by atoms with E-state index < -0.39 is 0 Å². The fraction of sp³-hybridized carbons (Fsp3) is 0.294. The molecule has 1 amide bonds. The van der Waals surface area contributed by atoms with Gasteiger partial charge in [0.15, 0.2) is 11.9 Å². The van der Waals surface area contributed by atoms with Gasteiger partial charge in [-0.05, 0) is 24.6 Å². The summed E-state index contributed by atoms with van der Waals surface area (Å²) in [6.45, 7) is 2.52. The number of aryl methyl sites for hydroxylation is 1. The third kappa shape index (κ3) is 3.03. The minimum atomic E-state index is -0.155. The number of carbonyl (C=O) groups is 1. The van der Waals surface area contributed by atoms with Gasteiger partial charge in [0.05, 0.1) is 18.5 Å². The molecule has 1 aliphatic rings. The van der Waals surface area contributed by atoms with E-state index in [4.69, 9.17) is 9.25 Å². The van der Waals surface area contributed by atoms with Gasteiger partial charge in [0.2, 0.25) is 0 Å². The van der Waals surface area contributed by atoms with Gasteiger partial charge in [0.1, 0.15) is 0 Å². The molecule has 5 nitrogen and oxygen atoms in total. The molecule has 2 heterocycles. The fourth-order valence-corrected chi connectivity index (χ4v) is 2.42. The van der Waals surface area contributed by atoms with Crippen LogP contribution in [-0.2, 0) is 4.84 Å². The van der Waals surface area contributed by atoms with Gasteiger partial charge in [-0.1, -0.05) is 35.0 Å². The van der Waals surface area contributed by atoms with Crippen molar-refractivity contribution in [1.82, 2.24) is 4.90 Å². The zero-order valence-electron chi connectivity index (χ0n) is 12.7. The molecule has 0 spiro atoms. The van der Waals surface area contributed by atoms with Crippen LogP contribution in [0.3, 0.4) is 0 Å². The molecule has 2 aromatic rings. The second-order valence-electron chi connectivity index (χ2n) is 5.50. The van der Waals surface area contributed by atoms with Crippen molar-refractivity contribution < 1.29 is 14.0 Å². The zero-order valence-corrected chi connectivity index (χ0v) is 12.7. The predicted octanol–water partition coefficient (Wildman–Crippen LogP) is 2.85. The summed E-state index contributed by atoms with van der Waals surface area (Å²) in [5.74, 6) is 0.178. The molecule has 0 fully saturated rings. The van der Waals surface area contributed by atoms with E-state index in [1.54, 1.807) is 24.1 Å². The fourth-order valence-electron chi connectivity index (χ4n) is 2.42. The van der Waals surface area contributed by atoms with Crippen LogP contribution in [0.4, 0.5) is 0 Å². The first-order valence-electron chi connectivity index (χ1n) is 7.22. The number of likely N-dealkylation sites (N-methyl/N-ethyl adjacent to an activating group) is 1. The molecule has 5 heteroatoms. The van der Waals surface area contributed by atoms with Gasteiger partial charge < -0.3 is 14.2 Å². The normalized spacial score (nSPS) is 17.0. The number of carbonyl (C=O) groups excluding carboxylic acids is 1. The highest BCUT2D eigenvalue weighted by Crippen LogP contribution is 2.18. The van der Waals surface area contributed by atoms with Gasteiger partial charge in [0.25, 0.3) is 5.91 Å². The SMILES string of the molecule is Cc1ccc(C2=NO[C@@H](CN(C)C(=O)c3ccco3)C2)cc1. The number of amides is 1. The molecule has 0 saturated heterocycles. The number of hydrogen-bond acceptors (Lipinski definition) is 4. The van der Waals surface area contributed by atoms with Crippen molar-refractivity contribution in [3.05, 3.63) is 59.5 Å². The molecule has 1 aromatic carbocycles. The topological polar surface area (TPSA) is 55.0 Å². The monoisotopic (exact) mass is 298 g/mol. The van der Waals surface area contributed by atoms with Crippen molar-refractivity contribution in [2.24, 2.45) is 5.16 Å². The van der Waals surface area contributed by atoms with Crippen molar-refractivity contribution in [3.8, 4) is 0 Å². The van der Waals surface area contributed by atoms with Crippen molar-refractivity contribution in [2.75, 3.05) is 13.6 Å². The van der Waals surface area contributed by atoms with E-state index in [0.29, 0.717) is 18.7 Å². The van der Waals surface area contributed by atoms with Crippen molar-refractivity contribution in [3.63, 3.8) is 0 Å². The number of furan rings is 1. The van der Waals surface area contributed by atoms with Crippen LogP contribution in [0.5, 0.6) is 0 Å². The summed E-state index contributed by atoms with van der Waals surface area (Å²) < 4.78 is 5.12. The van der Waals surface area contributed by atoms with Crippen molar-refractivity contribution >= 4 is 11.6 Å². The average Bonchev–Trinajstić information content (AvgIpc) is 3.18. The van der Waals surface area contributed by atoms with Crippen molar-refractivity contribution in [1.29, 1.82) is 0 Å². The molecule has 0 saturated carbocycles. The minimum absolute atomic E-state index is 0.125. The summed E-state index contributed by atoms with van der Waals surface area (Å²) in [4.78, 5) is 19.2. The average molecular weight is 298 g/mol. The van der Waals surface area contributed by atoms with E-state index in [2.05, 4.69) is 24.2 Å². The highest BCUT2D eigenvalue weighted by Gasteiger charge is 2.26. The van der Waals surface area contributed by atoms with Gasteiger partial charge in [-0.3, -0.25) is 4.79 Å². The molecule has 0 unspecified atom stereocenters. The van der Waals surface area contributed by atoms with Crippen LogP contribution in [-0.4, -0.2) is 36.2 Å². The van der Waals surface area contributed by atoms with Crippen LogP contribution in [0.15, 0.2) is 52.2 Å². The predicted molar refractivity (Wildman–Crippen MR) is 82.9 cm³/mol. The van der Waals surface area contributed by atoms with Crippen molar-refractivity contribution in [2.45, 2.75) is 19.4 Å². The summed E-state index contributed by atoms with van der Waals surface area (Å²) >= 11 is 0. The van der Waals surface area contributed by atoms with Crippen LogP contribution in [0, 0.1) is 6.92 Å². The van der Waals surface area contributed by atoms with E-state index >= 15 is 0 Å². The Morgan fingerprint density at radius 3 is 2.77 bits per heavy atom. The Morgan fingerprint density at radius 2 is 2.09 bits per heavy atom. The Hall–Kier alpha value is -2.56. The Balaban J connectivity index is 1.58. The quantitative estimate of drug-likeness (QED) is 0.872. The lowest BCUT2D eigenvalue weighted by Gasteiger charge is -2.18. The Morgan fingerprint density at radius 1 is 1.32 bits per heavy atom. The number of benzene rings is 1. The summed E-state index contributed by atoms with van der Waals surface area (Å²) in [5, 5.41) is 4.15. The largest absolute Gasteiger partial charge is 0.459 e. The van der Waals surface area contributed by atoms with Gasteiger partial charge >= 0.3 is 0 Å². The molecule has 0 aliphatic carbocycles. The minimum Gasteiger partial charge on any atom is -0.459 e. The summed E-state index contributed by atoms with van der Waals surface area (Å²) in [6, 6.07) is 11.5. The molecular weight excluding hydrogens is 280 g/mol. The van der Waals surface area contributed by atoms with Gasteiger partial charge in [0, 0.05) is 13.5 Å². The van der Waals surface area contributed by atoms with E-state index in [1.807, 2.05) is 12.1 Å². The van der Waals surface area contributed by atoms with E-state index in [-0.39, 0.29) is 12.0 Å². The maximum absolute atomic E-state index is 12.1. The molecule has 1 aromatic heterocycles. The molecule has 3 rings (SSSR count). The highest BCUT2D eigenvalue weighted by atomic mass is 16.6. The lowest BCUT2D eigenvalue weighted by molar-refractivity contribution is 0.0464. The zero-order chi connectivity index (χ0) is 15.5. The first-order valence-corrected chi connectivity index (χ1v) is 7.22. The first-order chi connectivity index (χ1) is 10.6.